The van der Waals surface area contributed by atoms with E-state index in [-0.39, 0.29) is 0 Å². The lowest BCUT2D eigenvalue weighted by Crippen LogP contribution is -1.75. The third-order valence-electron chi connectivity index (χ3n) is 0.493. The van der Waals surface area contributed by atoms with E-state index in [0.29, 0.717) is 0 Å². The first-order chi connectivity index (χ1) is 3.31. The van der Waals surface area contributed by atoms with Crippen molar-refractivity contribution in [2.45, 2.75) is 6.92 Å². The molecule has 0 aliphatic carbocycles. The molecule has 0 bridgehead atoms. The molecule has 40 valence electrons. The largest absolute Gasteiger partial charge is 0.285 e. The maximum atomic E-state index is 6.34. The van der Waals surface area contributed by atoms with Gasteiger partial charge in [0.1, 0.15) is 0 Å². The SMILES string of the molecule is CN=C(C)SN=N. The molecule has 0 aliphatic heterocycles. The standard InChI is InChI=1S/C3H7N3S/c1-3(5-2)7-6-4/h4H,1-2H3. The maximum Gasteiger partial charge on any atom is 0.0887 e. The lowest BCUT2D eigenvalue weighted by molar-refractivity contribution is 1.26. The zero-order valence-electron chi connectivity index (χ0n) is 4.30. The highest BCUT2D eigenvalue weighted by Crippen LogP contribution is 2.01. The molecule has 0 radical (unpaired) electrons. The normalized spacial score (nSPS) is 11.4. The van der Waals surface area contributed by atoms with Crippen LogP contribution in [0.15, 0.2) is 9.51 Å². The first-order valence-corrected chi connectivity index (χ1v) is 2.55. The Hall–Kier alpha value is -0.380. The van der Waals surface area contributed by atoms with E-state index < -0.39 is 0 Å². The van der Waals surface area contributed by atoms with Gasteiger partial charge in [-0.15, -0.1) is 4.52 Å². The van der Waals surface area contributed by atoms with Crippen LogP contribution >= 0.6 is 11.9 Å². The van der Waals surface area contributed by atoms with Crippen molar-refractivity contribution in [1.82, 2.24) is 0 Å². The Morgan fingerprint density at radius 1 is 1.71 bits per heavy atom. The molecule has 0 heterocycles. The summed E-state index contributed by atoms with van der Waals surface area (Å²) in [7, 11) is 1.67. The molecule has 0 atom stereocenters. The zero-order valence-corrected chi connectivity index (χ0v) is 5.12. The summed E-state index contributed by atoms with van der Waals surface area (Å²) in [4.78, 5) is 3.74. The van der Waals surface area contributed by atoms with Crippen LogP contribution < -0.4 is 0 Å². The van der Waals surface area contributed by atoms with E-state index in [0.717, 1.165) is 17.0 Å². The third kappa shape index (κ3) is 3.45. The molecule has 0 saturated carbocycles. The van der Waals surface area contributed by atoms with Crippen molar-refractivity contribution in [2.75, 3.05) is 7.05 Å². The van der Waals surface area contributed by atoms with Gasteiger partial charge in [-0.25, -0.2) is 0 Å². The lowest BCUT2D eigenvalue weighted by atomic mass is 10.9. The Balaban J connectivity index is 3.36. The topological polar surface area (TPSA) is 48.6 Å². The van der Waals surface area contributed by atoms with E-state index in [9.17, 15) is 0 Å². The van der Waals surface area contributed by atoms with Crippen molar-refractivity contribution in [3.8, 4) is 0 Å². The number of nitrogens with one attached hydrogen (secondary N) is 1. The molecule has 0 aromatic carbocycles. The minimum atomic E-state index is 0.815. The van der Waals surface area contributed by atoms with E-state index in [1.807, 2.05) is 6.92 Å². The van der Waals surface area contributed by atoms with Gasteiger partial charge in [0, 0.05) is 19.0 Å². The van der Waals surface area contributed by atoms with Crippen molar-refractivity contribution in [1.29, 1.82) is 5.53 Å². The Morgan fingerprint density at radius 3 is 2.43 bits per heavy atom. The van der Waals surface area contributed by atoms with Crippen LogP contribution in [0.4, 0.5) is 0 Å². The Kier molecular flexibility index (Phi) is 3.59. The van der Waals surface area contributed by atoms with Crippen LogP contribution in [0.5, 0.6) is 0 Å². The average molecular weight is 117 g/mol. The molecule has 0 aromatic rings. The number of nitrogens with zero attached hydrogens (tertiary/aromatic N) is 2. The highest BCUT2D eigenvalue weighted by molar-refractivity contribution is 8.12. The molecule has 7 heavy (non-hydrogen) atoms. The van der Waals surface area contributed by atoms with Gasteiger partial charge in [-0.1, -0.05) is 0 Å². The molecule has 0 rings (SSSR count). The molecule has 0 spiro atoms. The predicted molar refractivity (Wildman–Crippen MR) is 31.8 cm³/mol. The summed E-state index contributed by atoms with van der Waals surface area (Å²) in [6.45, 7) is 1.81. The highest BCUT2D eigenvalue weighted by atomic mass is 32.2. The van der Waals surface area contributed by atoms with Crippen molar-refractivity contribution < 1.29 is 0 Å². The molecule has 0 amide bonds. The summed E-state index contributed by atoms with van der Waals surface area (Å²) in [6.07, 6.45) is 0. The second kappa shape index (κ2) is 3.80. The van der Waals surface area contributed by atoms with Crippen molar-refractivity contribution in [3.05, 3.63) is 0 Å². The average Bonchev–Trinajstić information content (AvgIpc) is 1.68. The molecular weight excluding hydrogens is 110 g/mol. The first kappa shape index (κ1) is 6.62. The summed E-state index contributed by atoms with van der Waals surface area (Å²) in [5.74, 6) is 0. The minimum Gasteiger partial charge on any atom is -0.285 e. The third-order valence-corrected chi connectivity index (χ3v) is 1.03. The van der Waals surface area contributed by atoms with E-state index in [1.54, 1.807) is 7.05 Å². The van der Waals surface area contributed by atoms with Gasteiger partial charge in [-0.2, -0.15) is 5.53 Å². The number of hydrogen-bond donors (Lipinski definition) is 1. The lowest BCUT2D eigenvalue weighted by Gasteiger charge is -1.82. The van der Waals surface area contributed by atoms with Gasteiger partial charge in [0.25, 0.3) is 0 Å². The van der Waals surface area contributed by atoms with Crippen LogP contribution in [-0.4, -0.2) is 12.1 Å². The van der Waals surface area contributed by atoms with Crippen LogP contribution in [0.1, 0.15) is 6.92 Å². The quantitative estimate of drug-likeness (QED) is 0.242. The molecule has 0 unspecified atom stereocenters. The fourth-order valence-electron chi connectivity index (χ4n) is 0.107. The first-order valence-electron chi connectivity index (χ1n) is 1.78. The predicted octanol–water partition coefficient (Wildman–Crippen LogP) is 1.71. The molecule has 4 heteroatoms. The maximum absolute atomic E-state index is 6.34. The van der Waals surface area contributed by atoms with Gasteiger partial charge in [0.2, 0.25) is 0 Å². The van der Waals surface area contributed by atoms with Gasteiger partial charge in [0.15, 0.2) is 0 Å². The smallest absolute Gasteiger partial charge is 0.0887 e. The van der Waals surface area contributed by atoms with E-state index >= 15 is 0 Å². The van der Waals surface area contributed by atoms with Crippen LogP contribution in [0.3, 0.4) is 0 Å². The summed E-state index contributed by atoms with van der Waals surface area (Å²) in [5.41, 5.74) is 6.34. The number of rotatable bonds is 1. The van der Waals surface area contributed by atoms with E-state index in [4.69, 9.17) is 5.53 Å². The fraction of sp³-hybridized carbons (Fsp3) is 0.667. The van der Waals surface area contributed by atoms with E-state index in [1.165, 1.54) is 0 Å². The summed E-state index contributed by atoms with van der Waals surface area (Å²) in [5, 5.41) is 0.815. The van der Waals surface area contributed by atoms with Crippen LogP contribution in [0.2, 0.25) is 0 Å². The van der Waals surface area contributed by atoms with Gasteiger partial charge in [-0.3, -0.25) is 4.99 Å². The molecule has 0 fully saturated rings. The Morgan fingerprint density at radius 2 is 2.29 bits per heavy atom. The molecule has 3 nitrogen and oxygen atoms in total. The molecule has 0 aliphatic rings. The fourth-order valence-corrected chi connectivity index (χ4v) is 0.321. The minimum absolute atomic E-state index is 0.815. The molecule has 1 N–H and O–H groups in total. The molecular formula is C3H7N3S. The van der Waals surface area contributed by atoms with Crippen LogP contribution in [0.25, 0.3) is 0 Å². The van der Waals surface area contributed by atoms with Crippen LogP contribution in [-0.2, 0) is 0 Å². The van der Waals surface area contributed by atoms with Crippen molar-refractivity contribution >= 4 is 17.0 Å². The Labute approximate surface area is 46.9 Å². The summed E-state index contributed by atoms with van der Waals surface area (Å²) in [6, 6.07) is 0. The zero-order chi connectivity index (χ0) is 5.70. The van der Waals surface area contributed by atoms with E-state index in [2.05, 4.69) is 9.51 Å². The highest BCUT2D eigenvalue weighted by Gasteiger charge is 1.82. The summed E-state index contributed by atoms with van der Waals surface area (Å²) >= 11 is 1.07. The monoisotopic (exact) mass is 117 g/mol. The van der Waals surface area contributed by atoms with Crippen LogP contribution in [0, 0.1) is 5.53 Å². The molecule has 0 aromatic heterocycles. The second-order valence-corrected chi connectivity index (χ2v) is 1.88. The van der Waals surface area contributed by atoms with Crippen molar-refractivity contribution in [2.24, 2.45) is 9.51 Å². The van der Waals surface area contributed by atoms with Gasteiger partial charge < -0.3 is 0 Å². The van der Waals surface area contributed by atoms with Gasteiger partial charge >= 0.3 is 0 Å². The number of aliphatic imine (C=N–C) groups is 1. The van der Waals surface area contributed by atoms with Gasteiger partial charge in [-0.05, 0) is 6.92 Å². The second-order valence-electron chi connectivity index (χ2n) is 0.925. The van der Waals surface area contributed by atoms with Gasteiger partial charge in [0.05, 0.1) is 5.04 Å². The Bertz CT molecular complexity index is 88.2. The summed E-state index contributed by atoms with van der Waals surface area (Å²) < 4.78 is 3.04. The number of hydrogen-bond acceptors (Lipinski definition) is 4. The molecule has 0 saturated heterocycles. The van der Waals surface area contributed by atoms with Crippen molar-refractivity contribution in [3.63, 3.8) is 0 Å².